The van der Waals surface area contributed by atoms with Crippen LogP contribution >= 0.6 is 12.4 Å². The van der Waals surface area contributed by atoms with Gasteiger partial charge in [0.2, 0.25) is 11.8 Å². The van der Waals surface area contributed by atoms with Gasteiger partial charge < -0.3 is 10.2 Å². The molecule has 2 aromatic rings. The zero-order valence-corrected chi connectivity index (χ0v) is 17.7. The largest absolute Gasteiger partial charge is 0.365 e. The van der Waals surface area contributed by atoms with Crippen LogP contribution in [0.25, 0.3) is 10.9 Å². The molecule has 29 heavy (non-hydrogen) atoms. The number of nitrogens with one attached hydrogen (secondary N) is 2. The van der Waals surface area contributed by atoms with Gasteiger partial charge in [0, 0.05) is 55.0 Å². The van der Waals surface area contributed by atoms with E-state index in [4.69, 9.17) is 5.10 Å². The van der Waals surface area contributed by atoms with Crippen LogP contribution in [0.5, 0.6) is 0 Å². The van der Waals surface area contributed by atoms with E-state index in [9.17, 15) is 9.59 Å². The second kappa shape index (κ2) is 7.61. The number of hydrogen-bond donors (Lipinski definition) is 2. The number of anilines is 1. The molecule has 3 aliphatic rings. The first-order valence-corrected chi connectivity index (χ1v) is 10.3. The van der Waals surface area contributed by atoms with Gasteiger partial charge in [-0.15, -0.1) is 12.4 Å². The van der Waals surface area contributed by atoms with Crippen LogP contribution in [0.1, 0.15) is 50.1 Å². The van der Waals surface area contributed by atoms with Crippen LogP contribution in [-0.2, 0) is 16.6 Å². The quantitative estimate of drug-likeness (QED) is 0.749. The van der Waals surface area contributed by atoms with Gasteiger partial charge in [0.05, 0.1) is 11.2 Å². The van der Waals surface area contributed by atoms with Crippen molar-refractivity contribution in [1.29, 1.82) is 0 Å². The highest BCUT2D eigenvalue weighted by atomic mass is 35.5. The summed E-state index contributed by atoms with van der Waals surface area (Å²) in [6.45, 7) is 0. The maximum absolute atomic E-state index is 11.8. The Bertz CT molecular complexity index is 928. The third kappa shape index (κ3) is 3.40. The number of aryl methyl sites for hydroxylation is 1. The van der Waals surface area contributed by atoms with E-state index in [2.05, 4.69) is 40.8 Å². The van der Waals surface area contributed by atoms with Crippen LogP contribution in [0.2, 0.25) is 0 Å². The molecule has 3 aliphatic heterocycles. The van der Waals surface area contributed by atoms with Crippen LogP contribution in [0, 0.1) is 0 Å². The number of fused-ring (bicyclic) bond motifs is 3. The van der Waals surface area contributed by atoms with Crippen molar-refractivity contribution in [2.75, 3.05) is 11.9 Å². The lowest BCUT2D eigenvalue weighted by Gasteiger charge is -2.40. The van der Waals surface area contributed by atoms with Crippen molar-refractivity contribution in [1.82, 2.24) is 20.4 Å². The molecule has 2 bridgehead atoms. The summed E-state index contributed by atoms with van der Waals surface area (Å²) in [7, 11) is 4.02. The molecule has 7 nitrogen and oxygen atoms in total. The molecule has 1 aromatic carbocycles. The molecule has 156 valence electrons. The van der Waals surface area contributed by atoms with E-state index in [1.807, 2.05) is 11.7 Å². The molecule has 3 fully saturated rings. The standard InChI is InChI=1S/C21H27N5O2.ClH/c1-22-13-9-14-3-4-15(10-13)26(14)16-5-6-17-18(11-16)25(2)24-21(17)12-7-19(27)23-20(28)8-12;/h5-6,11-15,22H,3-4,7-10H2,1-2H3,(H,23,27,28);1H/t13?,14-,15+;. The number of imide groups is 1. The molecule has 3 saturated heterocycles. The lowest BCUT2D eigenvalue weighted by atomic mass is 9.91. The minimum Gasteiger partial charge on any atom is -0.365 e. The fourth-order valence-corrected chi connectivity index (χ4v) is 5.54. The summed E-state index contributed by atoms with van der Waals surface area (Å²) in [6, 6.07) is 8.39. The third-order valence-corrected chi connectivity index (χ3v) is 6.83. The van der Waals surface area contributed by atoms with Crippen molar-refractivity contribution in [3.8, 4) is 0 Å². The molecule has 2 N–H and O–H groups in total. The molecule has 1 unspecified atom stereocenters. The van der Waals surface area contributed by atoms with Gasteiger partial charge in [-0.05, 0) is 50.9 Å². The summed E-state index contributed by atoms with van der Waals surface area (Å²) in [6.07, 6.45) is 5.55. The molecule has 1 aromatic heterocycles. The van der Waals surface area contributed by atoms with Crippen LogP contribution in [0.15, 0.2) is 18.2 Å². The Balaban J connectivity index is 0.00000205. The average Bonchev–Trinajstić information content (AvgIpc) is 3.14. The molecule has 0 radical (unpaired) electrons. The van der Waals surface area contributed by atoms with Crippen LogP contribution in [-0.4, -0.2) is 46.8 Å². The number of halogens is 1. The number of piperidine rings is 2. The van der Waals surface area contributed by atoms with Crippen molar-refractivity contribution in [3.63, 3.8) is 0 Å². The predicted octanol–water partition coefficient (Wildman–Crippen LogP) is 2.23. The second-order valence-electron chi connectivity index (χ2n) is 8.54. The summed E-state index contributed by atoms with van der Waals surface area (Å²) in [5.41, 5.74) is 3.20. The zero-order valence-electron chi connectivity index (χ0n) is 16.9. The van der Waals surface area contributed by atoms with Gasteiger partial charge in [0.25, 0.3) is 0 Å². The van der Waals surface area contributed by atoms with E-state index in [0.29, 0.717) is 31.0 Å². The number of amides is 2. The smallest absolute Gasteiger partial charge is 0.227 e. The molecular weight excluding hydrogens is 390 g/mol. The number of carbonyl (C=O) groups is 2. The molecule has 2 amide bonds. The fourth-order valence-electron chi connectivity index (χ4n) is 5.54. The van der Waals surface area contributed by atoms with Gasteiger partial charge >= 0.3 is 0 Å². The Morgan fingerprint density at radius 3 is 2.38 bits per heavy atom. The lowest BCUT2D eigenvalue weighted by molar-refractivity contribution is -0.133. The monoisotopic (exact) mass is 417 g/mol. The molecule has 3 atom stereocenters. The Morgan fingerprint density at radius 1 is 1.10 bits per heavy atom. The molecular formula is C21H28ClN5O2. The number of nitrogens with zero attached hydrogens (tertiary/aromatic N) is 3. The van der Waals surface area contributed by atoms with Gasteiger partial charge in [0.15, 0.2) is 0 Å². The average molecular weight is 418 g/mol. The summed E-state index contributed by atoms with van der Waals surface area (Å²) in [5.74, 6) is -0.556. The maximum atomic E-state index is 11.8. The molecule has 4 heterocycles. The van der Waals surface area contributed by atoms with E-state index < -0.39 is 0 Å². The number of benzene rings is 1. The predicted molar refractivity (Wildman–Crippen MR) is 114 cm³/mol. The first-order chi connectivity index (χ1) is 13.5. The van der Waals surface area contributed by atoms with Crippen LogP contribution in [0.4, 0.5) is 5.69 Å². The molecule has 0 aliphatic carbocycles. The number of carbonyl (C=O) groups excluding carboxylic acids is 2. The Morgan fingerprint density at radius 2 is 1.76 bits per heavy atom. The van der Waals surface area contributed by atoms with Gasteiger partial charge in [-0.1, -0.05) is 0 Å². The molecule has 0 saturated carbocycles. The fraction of sp³-hybridized carbons (Fsp3) is 0.571. The highest BCUT2D eigenvalue weighted by Crippen LogP contribution is 2.41. The Labute approximate surface area is 176 Å². The molecule has 5 rings (SSSR count). The highest BCUT2D eigenvalue weighted by molar-refractivity contribution is 5.99. The summed E-state index contributed by atoms with van der Waals surface area (Å²) in [5, 5.41) is 11.6. The van der Waals surface area contributed by atoms with E-state index in [-0.39, 0.29) is 30.1 Å². The maximum Gasteiger partial charge on any atom is 0.227 e. The summed E-state index contributed by atoms with van der Waals surface area (Å²) < 4.78 is 1.90. The minimum absolute atomic E-state index is 0. The van der Waals surface area contributed by atoms with Crippen LogP contribution in [0.3, 0.4) is 0 Å². The van der Waals surface area contributed by atoms with Crippen molar-refractivity contribution in [2.24, 2.45) is 7.05 Å². The van der Waals surface area contributed by atoms with E-state index in [1.54, 1.807) is 0 Å². The van der Waals surface area contributed by atoms with Gasteiger partial charge in [0.1, 0.15) is 0 Å². The second-order valence-corrected chi connectivity index (χ2v) is 8.54. The van der Waals surface area contributed by atoms with Crippen molar-refractivity contribution >= 4 is 40.8 Å². The lowest BCUT2D eigenvalue weighted by Crippen LogP contribution is -2.48. The first kappa shape index (κ1) is 20.2. The van der Waals surface area contributed by atoms with E-state index in [1.165, 1.54) is 31.4 Å². The first-order valence-electron chi connectivity index (χ1n) is 10.3. The van der Waals surface area contributed by atoms with Crippen molar-refractivity contribution < 1.29 is 9.59 Å². The van der Waals surface area contributed by atoms with Gasteiger partial charge in [-0.2, -0.15) is 5.10 Å². The van der Waals surface area contributed by atoms with E-state index in [0.717, 1.165) is 16.6 Å². The van der Waals surface area contributed by atoms with Gasteiger partial charge in [-0.25, -0.2) is 0 Å². The molecule has 0 spiro atoms. The minimum atomic E-state index is -0.208. The van der Waals surface area contributed by atoms with E-state index >= 15 is 0 Å². The normalized spacial score (nSPS) is 27.2. The summed E-state index contributed by atoms with van der Waals surface area (Å²) >= 11 is 0. The topological polar surface area (TPSA) is 79.3 Å². The Kier molecular flexibility index (Phi) is 5.29. The summed E-state index contributed by atoms with van der Waals surface area (Å²) in [4.78, 5) is 26.2. The van der Waals surface area contributed by atoms with Crippen molar-refractivity contribution in [2.45, 2.75) is 62.6 Å². The van der Waals surface area contributed by atoms with Gasteiger partial charge in [-0.3, -0.25) is 19.6 Å². The Hall–Kier alpha value is -2.12. The highest BCUT2D eigenvalue weighted by Gasteiger charge is 2.40. The SMILES string of the molecule is CNC1C[C@H]2CC[C@@H](C1)N2c1ccc2c(C3CC(=O)NC(=O)C3)nn(C)c2c1.Cl. The zero-order chi connectivity index (χ0) is 19.4. The molecule has 8 heteroatoms. The number of aromatic nitrogens is 2. The van der Waals surface area contributed by atoms with Crippen LogP contribution < -0.4 is 15.5 Å². The number of rotatable bonds is 3. The number of hydrogen-bond acceptors (Lipinski definition) is 5. The van der Waals surface area contributed by atoms with Crippen molar-refractivity contribution in [3.05, 3.63) is 23.9 Å². The third-order valence-electron chi connectivity index (χ3n) is 6.83.